The van der Waals surface area contributed by atoms with Crippen LogP contribution in [0.5, 0.6) is 0 Å². The highest BCUT2D eigenvalue weighted by molar-refractivity contribution is 7.89. The van der Waals surface area contributed by atoms with Crippen molar-refractivity contribution < 1.29 is 18.0 Å². The smallest absolute Gasteiger partial charge is 0.241 e. The highest BCUT2D eigenvalue weighted by Gasteiger charge is 2.26. The summed E-state index contributed by atoms with van der Waals surface area (Å²) >= 11 is 0. The van der Waals surface area contributed by atoms with E-state index in [-0.39, 0.29) is 35.7 Å². The Labute approximate surface area is 136 Å². The number of nitrogens with one attached hydrogen (secondary N) is 2. The third kappa shape index (κ3) is 3.89. The molecule has 0 saturated heterocycles. The van der Waals surface area contributed by atoms with Crippen LogP contribution in [0.2, 0.25) is 0 Å². The number of anilines is 1. The van der Waals surface area contributed by atoms with Gasteiger partial charge in [0.2, 0.25) is 21.8 Å². The van der Waals surface area contributed by atoms with Gasteiger partial charge in [-0.1, -0.05) is 6.92 Å². The molecule has 0 radical (unpaired) electrons. The summed E-state index contributed by atoms with van der Waals surface area (Å²) in [4.78, 5) is 24.9. The van der Waals surface area contributed by atoms with Crippen molar-refractivity contribution in [2.45, 2.75) is 37.6 Å². The summed E-state index contributed by atoms with van der Waals surface area (Å²) in [6, 6.07) is 4.51. The lowest BCUT2D eigenvalue weighted by Gasteiger charge is -2.13. The van der Waals surface area contributed by atoms with E-state index in [0.717, 1.165) is 6.42 Å². The van der Waals surface area contributed by atoms with Crippen LogP contribution in [-0.2, 0) is 26.0 Å². The summed E-state index contributed by atoms with van der Waals surface area (Å²) in [5, 5.41) is 2.69. The summed E-state index contributed by atoms with van der Waals surface area (Å²) in [5.74, 6) is -0.450. The molecule has 0 aromatic heterocycles. The first-order valence-electron chi connectivity index (χ1n) is 7.43. The van der Waals surface area contributed by atoms with Crippen molar-refractivity contribution in [1.29, 1.82) is 0 Å². The van der Waals surface area contributed by atoms with Gasteiger partial charge in [0.15, 0.2) is 0 Å². The Morgan fingerprint density at radius 2 is 2.09 bits per heavy atom. The Hall–Kier alpha value is -1.93. The first-order valence-corrected chi connectivity index (χ1v) is 8.91. The van der Waals surface area contributed by atoms with Gasteiger partial charge in [-0.3, -0.25) is 9.59 Å². The molecule has 8 heteroatoms. The molecule has 2 amide bonds. The standard InChI is InChI=1S/C15H21N3O4S/c1-4-10(2)17-14(19)9-16-23(21,22)12-5-6-13-11(7-12)8-15(20)18(13)3/h5-7,10,16H,4,8-9H2,1-3H3,(H,17,19). The number of amides is 2. The molecule has 1 aliphatic heterocycles. The van der Waals surface area contributed by atoms with E-state index in [1.807, 2.05) is 13.8 Å². The molecule has 126 valence electrons. The van der Waals surface area contributed by atoms with Gasteiger partial charge in [0.1, 0.15) is 0 Å². The minimum absolute atomic E-state index is 0.00597. The highest BCUT2D eigenvalue weighted by atomic mass is 32.2. The molecule has 1 aromatic carbocycles. The van der Waals surface area contributed by atoms with E-state index in [0.29, 0.717) is 11.3 Å². The van der Waals surface area contributed by atoms with Crippen LogP contribution in [0.3, 0.4) is 0 Å². The Bertz CT molecular complexity index is 730. The Kier molecular flexibility index (Phi) is 5.06. The van der Waals surface area contributed by atoms with E-state index in [4.69, 9.17) is 0 Å². The fourth-order valence-corrected chi connectivity index (χ4v) is 3.32. The van der Waals surface area contributed by atoms with E-state index in [1.54, 1.807) is 13.1 Å². The Balaban J connectivity index is 2.08. The summed E-state index contributed by atoms with van der Waals surface area (Å²) in [7, 11) is -2.14. The quantitative estimate of drug-likeness (QED) is 0.784. The number of nitrogens with zero attached hydrogens (tertiary/aromatic N) is 1. The van der Waals surface area contributed by atoms with E-state index in [9.17, 15) is 18.0 Å². The maximum Gasteiger partial charge on any atom is 0.241 e. The maximum absolute atomic E-state index is 12.3. The number of fused-ring (bicyclic) bond motifs is 1. The monoisotopic (exact) mass is 339 g/mol. The molecule has 0 bridgehead atoms. The highest BCUT2D eigenvalue weighted by Crippen LogP contribution is 2.29. The van der Waals surface area contributed by atoms with Crippen LogP contribution < -0.4 is 14.9 Å². The van der Waals surface area contributed by atoms with Crippen molar-refractivity contribution in [1.82, 2.24) is 10.0 Å². The molecule has 0 fully saturated rings. The first kappa shape index (κ1) is 17.4. The molecule has 1 aliphatic rings. The Morgan fingerprint density at radius 1 is 1.39 bits per heavy atom. The third-order valence-electron chi connectivity index (χ3n) is 3.88. The van der Waals surface area contributed by atoms with Gasteiger partial charge in [0, 0.05) is 18.8 Å². The van der Waals surface area contributed by atoms with E-state index in [2.05, 4.69) is 10.0 Å². The molecule has 1 aromatic rings. The average Bonchev–Trinajstić information content (AvgIpc) is 2.79. The van der Waals surface area contributed by atoms with Crippen LogP contribution in [0.25, 0.3) is 0 Å². The topological polar surface area (TPSA) is 95.6 Å². The summed E-state index contributed by atoms with van der Waals surface area (Å²) < 4.78 is 26.8. The molecule has 1 heterocycles. The van der Waals surface area contributed by atoms with Crippen molar-refractivity contribution in [2.24, 2.45) is 0 Å². The second-order valence-corrected chi connectivity index (χ2v) is 7.39. The molecule has 23 heavy (non-hydrogen) atoms. The number of carbonyl (C=O) groups excluding carboxylic acids is 2. The zero-order valence-corrected chi connectivity index (χ0v) is 14.2. The number of carbonyl (C=O) groups is 2. The molecule has 0 saturated carbocycles. The predicted molar refractivity (Wildman–Crippen MR) is 86.6 cm³/mol. The second-order valence-electron chi connectivity index (χ2n) is 5.62. The molecule has 1 atom stereocenters. The van der Waals surface area contributed by atoms with Crippen LogP contribution in [-0.4, -0.2) is 39.9 Å². The maximum atomic E-state index is 12.3. The number of sulfonamides is 1. The number of benzene rings is 1. The van der Waals surface area contributed by atoms with Crippen molar-refractivity contribution in [2.75, 3.05) is 18.5 Å². The normalized spacial score (nSPS) is 15.4. The van der Waals surface area contributed by atoms with Gasteiger partial charge < -0.3 is 10.2 Å². The zero-order valence-electron chi connectivity index (χ0n) is 13.4. The fourth-order valence-electron chi connectivity index (χ4n) is 2.29. The largest absolute Gasteiger partial charge is 0.353 e. The van der Waals surface area contributed by atoms with Crippen LogP contribution in [0.15, 0.2) is 23.1 Å². The molecule has 2 rings (SSSR count). The molecule has 1 unspecified atom stereocenters. The lowest BCUT2D eigenvalue weighted by Crippen LogP contribution is -2.40. The van der Waals surface area contributed by atoms with Gasteiger partial charge >= 0.3 is 0 Å². The van der Waals surface area contributed by atoms with Crippen LogP contribution in [0.4, 0.5) is 5.69 Å². The van der Waals surface area contributed by atoms with Gasteiger partial charge in [-0.2, -0.15) is 0 Å². The van der Waals surface area contributed by atoms with Gasteiger partial charge in [0.25, 0.3) is 0 Å². The van der Waals surface area contributed by atoms with Crippen molar-refractivity contribution in [3.05, 3.63) is 23.8 Å². The van der Waals surface area contributed by atoms with E-state index < -0.39 is 10.0 Å². The molecular formula is C15H21N3O4S. The summed E-state index contributed by atoms with van der Waals surface area (Å²) in [6.07, 6.45) is 0.953. The molecule has 0 spiro atoms. The van der Waals surface area contributed by atoms with Crippen LogP contribution >= 0.6 is 0 Å². The van der Waals surface area contributed by atoms with Gasteiger partial charge in [-0.15, -0.1) is 0 Å². The number of hydrogen-bond donors (Lipinski definition) is 2. The van der Waals surface area contributed by atoms with Gasteiger partial charge in [0.05, 0.1) is 17.9 Å². The number of rotatable bonds is 6. The number of hydrogen-bond acceptors (Lipinski definition) is 4. The van der Waals surface area contributed by atoms with E-state index >= 15 is 0 Å². The minimum atomic E-state index is -3.80. The van der Waals surface area contributed by atoms with Crippen molar-refractivity contribution in [3.8, 4) is 0 Å². The SMILES string of the molecule is CCC(C)NC(=O)CNS(=O)(=O)c1ccc2c(c1)CC(=O)N2C. The molecule has 2 N–H and O–H groups in total. The van der Waals surface area contributed by atoms with Crippen LogP contribution in [0, 0.1) is 0 Å². The van der Waals surface area contributed by atoms with Crippen molar-refractivity contribution in [3.63, 3.8) is 0 Å². The molecule has 0 aliphatic carbocycles. The Morgan fingerprint density at radius 3 is 2.74 bits per heavy atom. The third-order valence-corrected chi connectivity index (χ3v) is 5.28. The van der Waals surface area contributed by atoms with Crippen LogP contribution in [0.1, 0.15) is 25.8 Å². The van der Waals surface area contributed by atoms with E-state index in [1.165, 1.54) is 17.0 Å². The van der Waals surface area contributed by atoms with Gasteiger partial charge in [-0.25, -0.2) is 13.1 Å². The lowest BCUT2D eigenvalue weighted by molar-refractivity contribution is -0.120. The lowest BCUT2D eigenvalue weighted by atomic mass is 10.2. The van der Waals surface area contributed by atoms with Crippen molar-refractivity contribution >= 4 is 27.5 Å². The summed E-state index contributed by atoms with van der Waals surface area (Å²) in [6.45, 7) is 3.46. The minimum Gasteiger partial charge on any atom is -0.353 e. The fraction of sp³-hybridized carbons (Fsp3) is 0.467. The van der Waals surface area contributed by atoms with Gasteiger partial charge in [-0.05, 0) is 37.1 Å². The zero-order chi connectivity index (χ0) is 17.2. The first-order chi connectivity index (χ1) is 10.7. The average molecular weight is 339 g/mol. The predicted octanol–water partition coefficient (Wildman–Crippen LogP) is 0.399. The molecular weight excluding hydrogens is 318 g/mol. The number of likely N-dealkylation sites (N-methyl/N-ethyl adjacent to an activating group) is 1. The summed E-state index contributed by atoms with van der Waals surface area (Å²) in [5.41, 5.74) is 1.38. The molecule has 7 nitrogen and oxygen atoms in total. The second kappa shape index (κ2) is 6.67.